The fourth-order valence-electron chi connectivity index (χ4n) is 4.27. The molecule has 1 N–H and O–H groups in total. The summed E-state index contributed by atoms with van der Waals surface area (Å²) in [4.78, 5) is 31.4. The third kappa shape index (κ3) is 3.52. The summed E-state index contributed by atoms with van der Waals surface area (Å²) in [5.74, 6) is 1.02. The van der Waals surface area contributed by atoms with Crippen molar-refractivity contribution >= 4 is 63.7 Å². The van der Waals surface area contributed by atoms with Gasteiger partial charge in [0.25, 0.3) is 5.91 Å². The SMILES string of the molecule is CCCC1=[N+]=C2C(=O)Nc3cc(C(=O)N4CCN(c5ccc(Cl)c(Cl)c5)CC4)ccc3N12. The normalized spacial score (nSPS) is 17.1. The zero-order valence-electron chi connectivity index (χ0n) is 17.6. The molecule has 0 atom stereocenters. The summed E-state index contributed by atoms with van der Waals surface area (Å²) in [6.45, 7) is 4.68. The van der Waals surface area contributed by atoms with Gasteiger partial charge in [-0.25, -0.2) is 4.67 Å². The number of amides is 2. The van der Waals surface area contributed by atoms with Crippen LogP contribution in [0, 0.1) is 0 Å². The second-order valence-corrected chi connectivity index (χ2v) is 8.82. The molecule has 0 bridgehead atoms. The van der Waals surface area contributed by atoms with Gasteiger partial charge in [0, 0.05) is 43.9 Å². The molecule has 2 amide bonds. The Kier molecular flexibility index (Phi) is 5.33. The summed E-state index contributed by atoms with van der Waals surface area (Å²) in [7, 11) is 0. The molecule has 2 aromatic carbocycles. The van der Waals surface area contributed by atoms with Gasteiger partial charge in [-0.1, -0.05) is 30.1 Å². The minimum atomic E-state index is -0.239. The highest BCUT2D eigenvalue weighted by Gasteiger charge is 2.45. The average Bonchev–Trinajstić information content (AvgIpc) is 2.78. The van der Waals surface area contributed by atoms with Crippen LogP contribution in [-0.2, 0) is 4.79 Å². The maximum atomic E-state index is 13.1. The smallest absolute Gasteiger partial charge is 0.368 e. The first-order valence-electron chi connectivity index (χ1n) is 10.7. The first-order chi connectivity index (χ1) is 15.5. The van der Waals surface area contributed by atoms with Gasteiger partial charge in [-0.05, 0) is 42.8 Å². The molecule has 3 aliphatic rings. The first kappa shape index (κ1) is 20.9. The number of hydrogen-bond donors (Lipinski definition) is 1. The van der Waals surface area contributed by atoms with Crippen LogP contribution in [-0.4, -0.2) is 54.6 Å². The van der Waals surface area contributed by atoms with Crippen molar-refractivity contribution in [3.63, 3.8) is 0 Å². The highest BCUT2D eigenvalue weighted by Crippen LogP contribution is 2.34. The van der Waals surface area contributed by atoms with E-state index >= 15 is 0 Å². The third-order valence-corrected chi connectivity index (χ3v) is 6.69. The predicted octanol–water partition coefficient (Wildman–Crippen LogP) is 3.39. The number of amidine groups is 2. The van der Waals surface area contributed by atoms with E-state index in [-0.39, 0.29) is 11.8 Å². The first-order valence-corrected chi connectivity index (χ1v) is 11.4. The summed E-state index contributed by atoms with van der Waals surface area (Å²) in [5.41, 5.74) is 3.06. The van der Waals surface area contributed by atoms with Gasteiger partial charge in [-0.3, -0.25) is 9.59 Å². The molecule has 164 valence electrons. The lowest BCUT2D eigenvalue weighted by Crippen LogP contribution is -2.56. The lowest BCUT2D eigenvalue weighted by Gasteiger charge is -2.36. The van der Waals surface area contributed by atoms with Crippen molar-refractivity contribution in [2.75, 3.05) is 41.3 Å². The Bertz CT molecular complexity index is 1200. The van der Waals surface area contributed by atoms with E-state index in [1.165, 1.54) is 0 Å². The number of piperazine rings is 1. The van der Waals surface area contributed by atoms with E-state index in [2.05, 4.69) is 21.8 Å². The second kappa shape index (κ2) is 8.17. The van der Waals surface area contributed by atoms with Crippen LogP contribution in [0.1, 0.15) is 30.1 Å². The molecule has 1 saturated heterocycles. The van der Waals surface area contributed by atoms with Gasteiger partial charge in [-0.2, -0.15) is 4.90 Å². The number of rotatable bonds is 4. The van der Waals surface area contributed by atoms with E-state index in [1.54, 1.807) is 12.1 Å². The van der Waals surface area contributed by atoms with Crippen molar-refractivity contribution < 1.29 is 9.59 Å². The summed E-state index contributed by atoms with van der Waals surface area (Å²) in [6.07, 6.45) is 1.75. The van der Waals surface area contributed by atoms with Gasteiger partial charge in [0.1, 0.15) is 5.69 Å². The van der Waals surface area contributed by atoms with Crippen LogP contribution >= 0.6 is 23.2 Å². The maximum absolute atomic E-state index is 13.1. The molecule has 5 rings (SSSR count). The molecule has 32 heavy (non-hydrogen) atoms. The average molecular weight is 471 g/mol. The van der Waals surface area contributed by atoms with Crippen LogP contribution in [0.15, 0.2) is 36.4 Å². The number of carbonyl (C=O) groups is 2. The summed E-state index contributed by atoms with van der Waals surface area (Å²) in [5, 5.41) is 3.91. The Morgan fingerprint density at radius 2 is 1.84 bits per heavy atom. The van der Waals surface area contributed by atoms with Gasteiger partial charge in [0.05, 0.1) is 15.7 Å². The summed E-state index contributed by atoms with van der Waals surface area (Å²) in [6, 6.07) is 11.1. The van der Waals surface area contributed by atoms with Crippen LogP contribution in [0.3, 0.4) is 0 Å². The number of hydrogen-bond acceptors (Lipinski definition) is 4. The van der Waals surface area contributed by atoms with Crippen LogP contribution in [0.2, 0.25) is 10.0 Å². The summed E-state index contributed by atoms with van der Waals surface area (Å²) >= 11 is 12.2. The number of nitrogens with zero attached hydrogens (tertiary/aromatic N) is 4. The molecule has 1 fully saturated rings. The Balaban J connectivity index is 1.29. The monoisotopic (exact) mass is 470 g/mol. The standard InChI is InChI=1S/C23H21Cl2N5O2/c1-2-3-20-27-21-22(31)26-18-12-14(4-7-19(18)30(20)21)23(32)29-10-8-28(9-11-29)15-5-6-16(24)17(25)13-15/h4-7,12-13H,2-3,8-11H2,1H3/p+1. The number of nitrogens with one attached hydrogen (secondary N) is 1. The Morgan fingerprint density at radius 1 is 1.06 bits per heavy atom. The second-order valence-electron chi connectivity index (χ2n) is 8.00. The molecular formula is C23H22Cl2N5O2+. The zero-order valence-corrected chi connectivity index (χ0v) is 19.1. The van der Waals surface area contributed by atoms with Crippen molar-refractivity contribution in [1.82, 2.24) is 9.57 Å². The van der Waals surface area contributed by atoms with Crippen LogP contribution < -0.4 is 19.8 Å². The molecule has 7 nitrogen and oxygen atoms in total. The van der Waals surface area contributed by atoms with Crippen molar-refractivity contribution in [2.45, 2.75) is 19.8 Å². The Labute approximate surface area is 195 Å². The molecule has 0 radical (unpaired) electrons. The van der Waals surface area contributed by atoms with Crippen molar-refractivity contribution in [1.29, 1.82) is 0 Å². The van der Waals surface area contributed by atoms with Gasteiger partial charge >= 0.3 is 17.6 Å². The molecule has 0 spiro atoms. The third-order valence-electron chi connectivity index (χ3n) is 5.95. The highest BCUT2D eigenvalue weighted by atomic mass is 35.5. The predicted molar refractivity (Wildman–Crippen MR) is 129 cm³/mol. The van der Waals surface area contributed by atoms with Crippen LogP contribution in [0.4, 0.5) is 17.1 Å². The Morgan fingerprint density at radius 3 is 2.56 bits per heavy atom. The molecule has 2 aromatic rings. The molecule has 0 saturated carbocycles. The minimum Gasteiger partial charge on any atom is -0.368 e. The topological polar surface area (TPSA) is 70.0 Å². The van der Waals surface area contributed by atoms with E-state index in [0.29, 0.717) is 53.3 Å². The van der Waals surface area contributed by atoms with E-state index < -0.39 is 0 Å². The van der Waals surface area contributed by atoms with Gasteiger partial charge in [0.2, 0.25) is 0 Å². The minimum absolute atomic E-state index is 0.0447. The Hall–Kier alpha value is -2.99. The quantitative estimate of drug-likeness (QED) is 0.695. The zero-order chi connectivity index (χ0) is 22.4. The van der Waals surface area contributed by atoms with E-state index in [0.717, 1.165) is 30.1 Å². The fraction of sp³-hybridized carbons (Fsp3) is 0.304. The fourth-order valence-corrected chi connectivity index (χ4v) is 4.56. The maximum Gasteiger partial charge on any atom is 0.389 e. The van der Waals surface area contributed by atoms with Crippen molar-refractivity contribution in [2.24, 2.45) is 0 Å². The van der Waals surface area contributed by atoms with E-state index in [9.17, 15) is 9.59 Å². The molecule has 0 aromatic heterocycles. The lowest BCUT2D eigenvalue weighted by atomic mass is 10.1. The molecule has 3 aliphatic heterocycles. The number of carbonyl (C=O) groups excluding carboxylic acids is 2. The molecule has 0 aliphatic carbocycles. The molecule has 0 unspecified atom stereocenters. The number of benzene rings is 2. The van der Waals surface area contributed by atoms with E-state index in [4.69, 9.17) is 23.2 Å². The van der Waals surface area contributed by atoms with Gasteiger partial charge < -0.3 is 15.1 Å². The summed E-state index contributed by atoms with van der Waals surface area (Å²) < 4.78 is 4.34. The van der Waals surface area contributed by atoms with Gasteiger partial charge in [-0.15, -0.1) is 0 Å². The largest absolute Gasteiger partial charge is 0.389 e. The number of fused-ring (bicyclic) bond motifs is 3. The van der Waals surface area contributed by atoms with E-state index in [1.807, 2.05) is 34.1 Å². The number of halogens is 2. The van der Waals surface area contributed by atoms with Crippen LogP contribution in [0.25, 0.3) is 0 Å². The van der Waals surface area contributed by atoms with Crippen molar-refractivity contribution in [3.8, 4) is 0 Å². The lowest BCUT2D eigenvalue weighted by molar-refractivity contribution is -0.110. The van der Waals surface area contributed by atoms with Crippen molar-refractivity contribution in [3.05, 3.63) is 52.0 Å². The molecule has 3 heterocycles. The number of anilines is 3. The molecular weight excluding hydrogens is 449 g/mol. The van der Waals surface area contributed by atoms with Crippen LogP contribution in [0.5, 0.6) is 0 Å². The highest BCUT2D eigenvalue weighted by molar-refractivity contribution is 6.56. The van der Waals surface area contributed by atoms with Gasteiger partial charge in [0.15, 0.2) is 0 Å². The molecule has 9 heteroatoms.